The van der Waals surface area contributed by atoms with Crippen molar-refractivity contribution in [1.82, 2.24) is 9.62 Å². The number of hydrogen-bond donors (Lipinski definition) is 1. The Morgan fingerprint density at radius 2 is 1.96 bits per heavy atom. The summed E-state index contributed by atoms with van der Waals surface area (Å²) in [6.07, 6.45) is 2.28. The van der Waals surface area contributed by atoms with Crippen molar-refractivity contribution in [1.29, 1.82) is 0 Å². The van der Waals surface area contributed by atoms with Crippen LogP contribution < -0.4 is 9.46 Å². The Labute approximate surface area is 147 Å². The Morgan fingerprint density at radius 1 is 1.21 bits per heavy atom. The fraction of sp³-hybridized carbons (Fsp3) is 0.412. The molecule has 0 amide bonds. The lowest BCUT2D eigenvalue weighted by molar-refractivity contribution is 0.240. The third-order valence-corrected chi connectivity index (χ3v) is 7.13. The second-order valence-electron chi connectivity index (χ2n) is 5.78. The average molecular weight is 367 g/mol. The van der Waals surface area contributed by atoms with E-state index in [2.05, 4.69) is 9.62 Å². The summed E-state index contributed by atoms with van der Waals surface area (Å²) in [5, 5.41) is 1.77. The van der Waals surface area contributed by atoms with Crippen molar-refractivity contribution in [3.63, 3.8) is 0 Å². The molecule has 1 atom stereocenters. The zero-order valence-electron chi connectivity index (χ0n) is 13.6. The number of rotatable bonds is 7. The van der Waals surface area contributed by atoms with Gasteiger partial charge in [-0.25, -0.2) is 13.1 Å². The predicted octanol–water partition coefficient (Wildman–Crippen LogP) is 2.87. The van der Waals surface area contributed by atoms with Gasteiger partial charge in [0.15, 0.2) is 0 Å². The first kappa shape index (κ1) is 17.4. The molecule has 1 aliphatic heterocycles. The Kier molecular flexibility index (Phi) is 5.55. The van der Waals surface area contributed by atoms with E-state index in [9.17, 15) is 8.42 Å². The van der Waals surface area contributed by atoms with Crippen LogP contribution in [0, 0.1) is 0 Å². The van der Waals surface area contributed by atoms with E-state index in [4.69, 9.17) is 4.74 Å². The fourth-order valence-electron chi connectivity index (χ4n) is 3.11. The standard InChI is InChI=1S/C17H22N2O3S2/c1-22-16-8-3-2-7-14(16)15(19-10-4-5-11-19)13-18-24(20,21)17-9-6-12-23-17/h2-3,6-9,12,15,18H,4-5,10-11,13H2,1H3/t15-/m1/s1. The molecule has 24 heavy (non-hydrogen) atoms. The number of methoxy groups -OCH3 is 1. The third-order valence-electron chi connectivity index (χ3n) is 4.31. The van der Waals surface area contributed by atoms with Crippen molar-refractivity contribution in [2.75, 3.05) is 26.7 Å². The van der Waals surface area contributed by atoms with Gasteiger partial charge in [0.1, 0.15) is 9.96 Å². The number of nitrogens with zero attached hydrogens (tertiary/aromatic N) is 1. The van der Waals surface area contributed by atoms with E-state index in [1.807, 2.05) is 24.3 Å². The lowest BCUT2D eigenvalue weighted by Gasteiger charge is -2.29. The monoisotopic (exact) mass is 366 g/mol. The van der Waals surface area contributed by atoms with Crippen LogP contribution in [0.5, 0.6) is 5.75 Å². The van der Waals surface area contributed by atoms with Gasteiger partial charge in [0.2, 0.25) is 10.0 Å². The van der Waals surface area contributed by atoms with Gasteiger partial charge >= 0.3 is 0 Å². The maximum absolute atomic E-state index is 12.4. The molecule has 7 heteroatoms. The highest BCUT2D eigenvalue weighted by Crippen LogP contribution is 2.31. The molecular weight excluding hydrogens is 344 g/mol. The Balaban J connectivity index is 1.83. The third kappa shape index (κ3) is 3.80. The normalized spacial score (nSPS) is 17.0. The van der Waals surface area contributed by atoms with E-state index < -0.39 is 10.0 Å². The second-order valence-corrected chi connectivity index (χ2v) is 8.73. The van der Waals surface area contributed by atoms with Gasteiger partial charge in [0.25, 0.3) is 0 Å². The van der Waals surface area contributed by atoms with E-state index in [1.165, 1.54) is 11.3 Å². The van der Waals surface area contributed by atoms with Crippen LogP contribution in [-0.4, -0.2) is 40.1 Å². The number of hydrogen-bond acceptors (Lipinski definition) is 5. The summed E-state index contributed by atoms with van der Waals surface area (Å²) in [6, 6.07) is 11.2. The summed E-state index contributed by atoms with van der Waals surface area (Å²) in [4.78, 5) is 2.33. The predicted molar refractivity (Wildman–Crippen MR) is 96.0 cm³/mol. The molecule has 0 bridgehead atoms. The first-order valence-corrected chi connectivity index (χ1v) is 10.4. The molecule has 1 aromatic heterocycles. The van der Waals surface area contributed by atoms with Crippen LogP contribution in [0.3, 0.4) is 0 Å². The zero-order chi connectivity index (χ0) is 17.0. The molecular formula is C17H22N2O3S2. The highest BCUT2D eigenvalue weighted by atomic mass is 32.2. The van der Waals surface area contributed by atoms with Crippen LogP contribution >= 0.6 is 11.3 Å². The molecule has 1 N–H and O–H groups in total. The molecule has 1 aliphatic rings. The van der Waals surface area contributed by atoms with Gasteiger partial charge in [-0.1, -0.05) is 24.3 Å². The van der Waals surface area contributed by atoms with Crippen molar-refractivity contribution < 1.29 is 13.2 Å². The Morgan fingerprint density at radius 3 is 2.62 bits per heavy atom. The minimum Gasteiger partial charge on any atom is -0.496 e. The Hall–Kier alpha value is -1.41. The van der Waals surface area contributed by atoms with E-state index in [0.29, 0.717) is 10.8 Å². The number of benzene rings is 1. The zero-order valence-corrected chi connectivity index (χ0v) is 15.3. The van der Waals surface area contributed by atoms with Gasteiger partial charge in [-0.15, -0.1) is 11.3 Å². The summed E-state index contributed by atoms with van der Waals surface area (Å²) in [7, 11) is -1.82. The van der Waals surface area contributed by atoms with Gasteiger partial charge in [-0.2, -0.15) is 0 Å². The van der Waals surface area contributed by atoms with Crippen LogP contribution in [0.15, 0.2) is 46.0 Å². The van der Waals surface area contributed by atoms with E-state index in [0.717, 1.165) is 37.2 Å². The number of ether oxygens (including phenoxy) is 1. The minimum atomic E-state index is -3.47. The smallest absolute Gasteiger partial charge is 0.250 e. The van der Waals surface area contributed by atoms with Gasteiger partial charge in [0, 0.05) is 12.1 Å². The average Bonchev–Trinajstić information content (AvgIpc) is 3.29. The molecule has 130 valence electrons. The van der Waals surface area contributed by atoms with Crippen LogP contribution in [0.4, 0.5) is 0 Å². The van der Waals surface area contributed by atoms with Crippen LogP contribution in [0.2, 0.25) is 0 Å². The van der Waals surface area contributed by atoms with Crippen LogP contribution in [0.1, 0.15) is 24.4 Å². The molecule has 0 saturated carbocycles. The highest BCUT2D eigenvalue weighted by molar-refractivity contribution is 7.91. The number of thiophene rings is 1. The molecule has 5 nitrogen and oxygen atoms in total. The minimum absolute atomic E-state index is 0.0293. The summed E-state index contributed by atoms with van der Waals surface area (Å²) in [5.41, 5.74) is 1.02. The molecule has 1 saturated heterocycles. The first-order chi connectivity index (χ1) is 11.6. The molecule has 1 aromatic carbocycles. The summed E-state index contributed by atoms with van der Waals surface area (Å²) < 4.78 is 33.5. The summed E-state index contributed by atoms with van der Waals surface area (Å²) in [5.74, 6) is 0.796. The molecule has 2 heterocycles. The van der Waals surface area contributed by atoms with E-state index in [-0.39, 0.29) is 6.04 Å². The SMILES string of the molecule is COc1ccccc1[C@@H](CNS(=O)(=O)c1cccs1)N1CCCC1. The molecule has 3 rings (SSSR count). The second kappa shape index (κ2) is 7.65. The molecule has 2 aromatic rings. The van der Waals surface area contributed by atoms with Crippen molar-refractivity contribution in [2.45, 2.75) is 23.1 Å². The van der Waals surface area contributed by atoms with Gasteiger partial charge in [-0.05, 0) is 43.4 Å². The highest BCUT2D eigenvalue weighted by Gasteiger charge is 2.27. The fourth-order valence-corrected chi connectivity index (χ4v) is 5.18. The van der Waals surface area contributed by atoms with Crippen LogP contribution in [-0.2, 0) is 10.0 Å². The number of para-hydroxylation sites is 1. The molecule has 1 fully saturated rings. The lowest BCUT2D eigenvalue weighted by atomic mass is 10.0. The van der Waals surface area contributed by atoms with E-state index in [1.54, 1.807) is 24.6 Å². The lowest BCUT2D eigenvalue weighted by Crippen LogP contribution is -2.36. The van der Waals surface area contributed by atoms with E-state index >= 15 is 0 Å². The van der Waals surface area contributed by atoms with Crippen molar-refractivity contribution in [3.8, 4) is 5.75 Å². The van der Waals surface area contributed by atoms with Crippen LogP contribution in [0.25, 0.3) is 0 Å². The number of nitrogens with one attached hydrogen (secondary N) is 1. The maximum Gasteiger partial charge on any atom is 0.250 e. The van der Waals surface area contributed by atoms with Gasteiger partial charge < -0.3 is 4.74 Å². The van der Waals surface area contributed by atoms with Crippen molar-refractivity contribution in [3.05, 3.63) is 47.3 Å². The van der Waals surface area contributed by atoms with Crippen molar-refractivity contribution in [2.24, 2.45) is 0 Å². The first-order valence-electron chi connectivity index (χ1n) is 8.02. The molecule has 0 unspecified atom stereocenters. The van der Waals surface area contributed by atoms with Gasteiger partial charge in [0.05, 0.1) is 13.2 Å². The molecule has 0 spiro atoms. The summed E-state index contributed by atoms with van der Waals surface area (Å²) >= 11 is 1.23. The molecule has 0 radical (unpaired) electrons. The quantitative estimate of drug-likeness (QED) is 0.819. The van der Waals surface area contributed by atoms with Crippen molar-refractivity contribution >= 4 is 21.4 Å². The number of sulfonamides is 1. The Bertz CT molecular complexity index is 754. The van der Waals surface area contributed by atoms with Gasteiger partial charge in [-0.3, -0.25) is 4.90 Å². The number of likely N-dealkylation sites (tertiary alicyclic amines) is 1. The topological polar surface area (TPSA) is 58.6 Å². The summed E-state index contributed by atoms with van der Waals surface area (Å²) in [6.45, 7) is 2.29. The maximum atomic E-state index is 12.4. The molecule has 0 aliphatic carbocycles. The largest absolute Gasteiger partial charge is 0.496 e.